The van der Waals surface area contributed by atoms with Gasteiger partial charge in [-0.2, -0.15) is 0 Å². The fraction of sp³-hybridized carbons (Fsp3) is 1.00. The van der Waals surface area contributed by atoms with E-state index in [4.69, 9.17) is 9.47 Å². The third kappa shape index (κ3) is 3.94. The van der Waals surface area contributed by atoms with Gasteiger partial charge in [0.05, 0.1) is 13.2 Å². The standard InChI is InChI=1S/C15H29NO2/c1-3-5-16-12-15(4-6-18-8-7-17-2)10-13-9-14(13)11-15/h13-14,16H,3-12H2,1-2H3. The van der Waals surface area contributed by atoms with Crippen LogP contribution in [-0.2, 0) is 9.47 Å². The molecule has 18 heavy (non-hydrogen) atoms. The monoisotopic (exact) mass is 255 g/mol. The maximum atomic E-state index is 5.66. The van der Waals surface area contributed by atoms with Crippen molar-refractivity contribution in [1.82, 2.24) is 5.32 Å². The Balaban J connectivity index is 1.68. The molecule has 106 valence electrons. The maximum Gasteiger partial charge on any atom is 0.0700 e. The summed E-state index contributed by atoms with van der Waals surface area (Å²) < 4.78 is 10.7. The lowest BCUT2D eigenvalue weighted by Crippen LogP contribution is -2.35. The van der Waals surface area contributed by atoms with E-state index in [1.54, 1.807) is 7.11 Å². The predicted octanol–water partition coefficient (Wildman–Crippen LogP) is 2.46. The topological polar surface area (TPSA) is 30.5 Å². The lowest BCUT2D eigenvalue weighted by Gasteiger charge is -2.31. The zero-order valence-corrected chi connectivity index (χ0v) is 12.0. The van der Waals surface area contributed by atoms with Crippen LogP contribution in [0.5, 0.6) is 0 Å². The molecule has 1 N–H and O–H groups in total. The first-order valence-electron chi connectivity index (χ1n) is 7.57. The van der Waals surface area contributed by atoms with Gasteiger partial charge in [0, 0.05) is 20.3 Å². The second-order valence-corrected chi connectivity index (χ2v) is 6.20. The highest BCUT2D eigenvalue weighted by Crippen LogP contribution is 2.60. The lowest BCUT2D eigenvalue weighted by molar-refractivity contribution is 0.0491. The van der Waals surface area contributed by atoms with Crippen LogP contribution in [0.4, 0.5) is 0 Å². The number of ether oxygens (including phenoxy) is 2. The Bertz CT molecular complexity index is 235. The molecule has 2 fully saturated rings. The minimum Gasteiger partial charge on any atom is -0.382 e. The number of rotatable bonds is 10. The van der Waals surface area contributed by atoms with Gasteiger partial charge in [-0.25, -0.2) is 0 Å². The molecule has 0 spiro atoms. The third-order valence-corrected chi connectivity index (χ3v) is 4.59. The van der Waals surface area contributed by atoms with Gasteiger partial charge in [0.15, 0.2) is 0 Å². The zero-order valence-electron chi connectivity index (χ0n) is 12.0. The Labute approximate surface area is 112 Å². The van der Waals surface area contributed by atoms with Crippen LogP contribution in [0, 0.1) is 17.3 Å². The number of nitrogens with one attached hydrogen (secondary N) is 1. The smallest absolute Gasteiger partial charge is 0.0700 e. The Morgan fingerprint density at radius 2 is 1.94 bits per heavy atom. The molecule has 3 nitrogen and oxygen atoms in total. The molecule has 0 aromatic heterocycles. The van der Waals surface area contributed by atoms with E-state index in [-0.39, 0.29) is 0 Å². The van der Waals surface area contributed by atoms with E-state index in [9.17, 15) is 0 Å². The number of methoxy groups -OCH3 is 1. The molecule has 2 unspecified atom stereocenters. The molecule has 0 saturated heterocycles. The minimum atomic E-state index is 0.538. The SMILES string of the molecule is CCCNCC1(CCOCCOC)CC2CC2C1. The summed E-state index contributed by atoms with van der Waals surface area (Å²) >= 11 is 0. The first-order valence-corrected chi connectivity index (χ1v) is 7.57. The van der Waals surface area contributed by atoms with E-state index in [0.717, 1.165) is 31.6 Å². The largest absolute Gasteiger partial charge is 0.382 e. The van der Waals surface area contributed by atoms with Crippen LogP contribution < -0.4 is 5.32 Å². The van der Waals surface area contributed by atoms with Crippen molar-refractivity contribution in [3.05, 3.63) is 0 Å². The molecule has 3 heteroatoms. The Kier molecular flexibility index (Phi) is 5.46. The molecule has 2 aliphatic carbocycles. The number of hydrogen-bond acceptors (Lipinski definition) is 3. The van der Waals surface area contributed by atoms with Gasteiger partial charge in [0.2, 0.25) is 0 Å². The van der Waals surface area contributed by atoms with Crippen LogP contribution in [-0.4, -0.2) is 40.0 Å². The summed E-state index contributed by atoms with van der Waals surface area (Å²) in [5.74, 6) is 2.10. The Morgan fingerprint density at radius 3 is 2.61 bits per heavy atom. The highest BCUT2D eigenvalue weighted by molar-refractivity contribution is 5.04. The van der Waals surface area contributed by atoms with Crippen molar-refractivity contribution < 1.29 is 9.47 Å². The average Bonchev–Trinajstić information content (AvgIpc) is 2.98. The van der Waals surface area contributed by atoms with Crippen LogP contribution in [0.1, 0.15) is 39.0 Å². The summed E-state index contributed by atoms with van der Waals surface area (Å²) in [5, 5.41) is 3.63. The number of hydrogen-bond donors (Lipinski definition) is 1. The van der Waals surface area contributed by atoms with Crippen LogP contribution in [0.15, 0.2) is 0 Å². The van der Waals surface area contributed by atoms with E-state index < -0.39 is 0 Å². The van der Waals surface area contributed by atoms with Gasteiger partial charge in [-0.05, 0) is 55.9 Å². The van der Waals surface area contributed by atoms with Gasteiger partial charge in [-0.3, -0.25) is 0 Å². The molecule has 2 atom stereocenters. The quantitative estimate of drug-likeness (QED) is 0.608. The van der Waals surface area contributed by atoms with Crippen molar-refractivity contribution in [3.63, 3.8) is 0 Å². The summed E-state index contributed by atoms with van der Waals surface area (Å²) in [4.78, 5) is 0. The molecule has 0 aromatic rings. The van der Waals surface area contributed by atoms with E-state index >= 15 is 0 Å². The summed E-state index contributed by atoms with van der Waals surface area (Å²) in [6.07, 6.45) is 6.82. The van der Waals surface area contributed by atoms with Gasteiger partial charge in [-0.1, -0.05) is 6.92 Å². The van der Waals surface area contributed by atoms with E-state index in [1.165, 1.54) is 38.6 Å². The van der Waals surface area contributed by atoms with Crippen molar-refractivity contribution in [2.75, 3.05) is 40.0 Å². The molecule has 2 saturated carbocycles. The van der Waals surface area contributed by atoms with Crippen LogP contribution in [0.2, 0.25) is 0 Å². The van der Waals surface area contributed by atoms with Crippen molar-refractivity contribution in [1.29, 1.82) is 0 Å². The second kappa shape index (κ2) is 6.88. The van der Waals surface area contributed by atoms with E-state index in [0.29, 0.717) is 12.0 Å². The fourth-order valence-electron chi connectivity index (χ4n) is 3.51. The summed E-state index contributed by atoms with van der Waals surface area (Å²) in [7, 11) is 1.73. The zero-order chi connectivity index (χ0) is 12.8. The molecule has 0 aromatic carbocycles. The predicted molar refractivity (Wildman–Crippen MR) is 73.7 cm³/mol. The van der Waals surface area contributed by atoms with Gasteiger partial charge < -0.3 is 14.8 Å². The van der Waals surface area contributed by atoms with Crippen LogP contribution >= 0.6 is 0 Å². The summed E-state index contributed by atoms with van der Waals surface area (Å²) in [5.41, 5.74) is 0.538. The fourth-order valence-corrected chi connectivity index (χ4v) is 3.51. The lowest BCUT2D eigenvalue weighted by atomic mass is 9.80. The molecule has 2 aliphatic rings. The summed E-state index contributed by atoms with van der Waals surface area (Å²) in [6.45, 7) is 6.94. The molecule has 0 amide bonds. The van der Waals surface area contributed by atoms with E-state index in [1.807, 2.05) is 0 Å². The highest BCUT2D eigenvalue weighted by atomic mass is 16.5. The van der Waals surface area contributed by atoms with Gasteiger partial charge in [0.1, 0.15) is 0 Å². The molecule has 2 rings (SSSR count). The molecule has 0 aliphatic heterocycles. The summed E-state index contributed by atoms with van der Waals surface area (Å²) in [6, 6.07) is 0. The Morgan fingerprint density at radius 1 is 1.17 bits per heavy atom. The molecule has 0 bridgehead atoms. The maximum absolute atomic E-state index is 5.66. The van der Waals surface area contributed by atoms with Crippen molar-refractivity contribution in [2.45, 2.75) is 39.0 Å². The molecular weight excluding hydrogens is 226 g/mol. The van der Waals surface area contributed by atoms with Gasteiger partial charge >= 0.3 is 0 Å². The second-order valence-electron chi connectivity index (χ2n) is 6.20. The Hall–Kier alpha value is -0.120. The molecule has 0 heterocycles. The van der Waals surface area contributed by atoms with Crippen molar-refractivity contribution in [2.24, 2.45) is 17.3 Å². The van der Waals surface area contributed by atoms with Crippen LogP contribution in [0.3, 0.4) is 0 Å². The minimum absolute atomic E-state index is 0.538. The van der Waals surface area contributed by atoms with E-state index in [2.05, 4.69) is 12.2 Å². The molecule has 0 radical (unpaired) electrons. The number of fused-ring (bicyclic) bond motifs is 1. The van der Waals surface area contributed by atoms with Gasteiger partial charge in [0.25, 0.3) is 0 Å². The first-order chi connectivity index (χ1) is 8.79. The van der Waals surface area contributed by atoms with Gasteiger partial charge in [-0.15, -0.1) is 0 Å². The average molecular weight is 255 g/mol. The van der Waals surface area contributed by atoms with Crippen LogP contribution in [0.25, 0.3) is 0 Å². The molecular formula is C15H29NO2. The third-order valence-electron chi connectivity index (χ3n) is 4.59. The van der Waals surface area contributed by atoms with Crippen molar-refractivity contribution in [3.8, 4) is 0 Å². The first kappa shape index (κ1) is 14.3. The normalized spacial score (nSPS) is 33.7. The van der Waals surface area contributed by atoms with Crippen molar-refractivity contribution >= 4 is 0 Å². The highest BCUT2D eigenvalue weighted by Gasteiger charge is 2.52.